The van der Waals surface area contributed by atoms with Crippen LogP contribution in [-0.2, 0) is 16.0 Å². The Kier molecular flexibility index (Phi) is 10.6. The molecule has 4 amide bonds. The highest BCUT2D eigenvalue weighted by Crippen LogP contribution is 2.30. The maximum Gasteiger partial charge on any atom is 0.332 e. The van der Waals surface area contributed by atoms with Gasteiger partial charge in [0.15, 0.2) is 0 Å². The van der Waals surface area contributed by atoms with Crippen molar-refractivity contribution in [1.82, 2.24) is 4.90 Å². The Bertz CT molecular complexity index is 1330. The molecule has 1 fully saturated rings. The van der Waals surface area contributed by atoms with Crippen molar-refractivity contribution in [1.29, 1.82) is 0 Å². The van der Waals surface area contributed by atoms with Crippen LogP contribution in [0.25, 0.3) is 0 Å². The zero-order valence-electron chi connectivity index (χ0n) is 23.5. The lowest BCUT2D eigenvalue weighted by molar-refractivity contribution is -0.124. The van der Waals surface area contributed by atoms with E-state index in [2.05, 4.69) is 12.2 Å². The fraction of sp³-hybridized carbons (Fsp3) is 0.344. The molecule has 8 nitrogen and oxygen atoms in total. The first kappa shape index (κ1) is 29.9. The second-order valence-electron chi connectivity index (χ2n) is 9.93. The number of anilines is 2. The second kappa shape index (κ2) is 14.6. The number of ether oxygens (including phenoxy) is 2. The maximum absolute atomic E-state index is 13.6. The Morgan fingerprint density at radius 1 is 0.951 bits per heavy atom. The number of nitrogens with zero attached hydrogens (tertiary/aromatic N) is 2. The zero-order valence-corrected chi connectivity index (χ0v) is 24.2. The normalized spacial score (nSPS) is 14.9. The molecule has 0 aliphatic carbocycles. The molecule has 3 aromatic rings. The predicted molar refractivity (Wildman–Crippen MR) is 161 cm³/mol. The number of urea groups is 1. The summed E-state index contributed by atoms with van der Waals surface area (Å²) in [4.78, 5) is 42.8. The van der Waals surface area contributed by atoms with Crippen molar-refractivity contribution in [2.45, 2.75) is 51.5 Å². The van der Waals surface area contributed by atoms with Crippen molar-refractivity contribution in [3.8, 4) is 11.5 Å². The molecule has 1 heterocycles. The number of benzene rings is 3. The minimum atomic E-state index is -0.952. The molecule has 4 rings (SSSR count). The number of hydrogen-bond acceptors (Lipinski definition) is 5. The first-order chi connectivity index (χ1) is 19.9. The highest BCUT2D eigenvalue weighted by molar-refractivity contribution is 6.30. The summed E-state index contributed by atoms with van der Waals surface area (Å²) in [6.07, 6.45) is 4.83. The van der Waals surface area contributed by atoms with Gasteiger partial charge in [-0.25, -0.2) is 9.69 Å². The van der Waals surface area contributed by atoms with E-state index < -0.39 is 18.0 Å². The van der Waals surface area contributed by atoms with Crippen LogP contribution in [0.3, 0.4) is 0 Å². The smallest absolute Gasteiger partial charge is 0.332 e. The number of amides is 4. The van der Waals surface area contributed by atoms with Gasteiger partial charge in [0.05, 0.1) is 25.8 Å². The van der Waals surface area contributed by atoms with Crippen LogP contribution in [0.4, 0.5) is 16.2 Å². The number of hydrogen-bond donors (Lipinski definition) is 1. The number of carbonyl (C=O) groups is 3. The van der Waals surface area contributed by atoms with E-state index in [1.54, 1.807) is 48.5 Å². The van der Waals surface area contributed by atoms with Crippen LogP contribution in [0.5, 0.6) is 11.5 Å². The van der Waals surface area contributed by atoms with Crippen molar-refractivity contribution in [2.24, 2.45) is 0 Å². The quantitative estimate of drug-likeness (QED) is 0.170. The average molecular weight is 578 g/mol. The molecule has 1 aliphatic rings. The van der Waals surface area contributed by atoms with E-state index in [0.29, 0.717) is 35.2 Å². The van der Waals surface area contributed by atoms with Gasteiger partial charge in [-0.2, -0.15) is 0 Å². The standard InChI is InChI=1S/C32H36ClN3O5/c1-3-4-5-6-20-41-27-16-14-25(15-17-27)34-30(37)22-29-31(38)36(26-8-7-9-28(21-26)40-2)32(39)35(29)19-18-23-10-12-24(33)13-11-23/h7-17,21,29H,3-6,18-20,22H2,1-2H3,(H,34,37)/t29-/m0/s1. The molecule has 0 saturated carbocycles. The zero-order chi connectivity index (χ0) is 29.2. The maximum atomic E-state index is 13.6. The second-order valence-corrected chi connectivity index (χ2v) is 10.4. The number of unbranched alkanes of at least 4 members (excludes halogenated alkanes) is 3. The third-order valence-electron chi connectivity index (χ3n) is 6.97. The molecule has 0 radical (unpaired) electrons. The number of methoxy groups -OCH3 is 1. The van der Waals surface area contributed by atoms with Crippen molar-refractivity contribution in [2.75, 3.05) is 30.5 Å². The van der Waals surface area contributed by atoms with Gasteiger partial charge < -0.3 is 19.7 Å². The predicted octanol–water partition coefficient (Wildman–Crippen LogP) is 6.72. The lowest BCUT2D eigenvalue weighted by atomic mass is 10.1. The molecule has 41 heavy (non-hydrogen) atoms. The molecule has 0 aromatic heterocycles. The van der Waals surface area contributed by atoms with Crippen molar-refractivity contribution in [3.05, 3.63) is 83.4 Å². The van der Waals surface area contributed by atoms with Gasteiger partial charge in [-0.1, -0.05) is 56.0 Å². The Labute approximate surface area is 246 Å². The van der Waals surface area contributed by atoms with E-state index in [1.807, 2.05) is 24.3 Å². The molecular weight excluding hydrogens is 542 g/mol. The van der Waals surface area contributed by atoms with Gasteiger partial charge in [0.1, 0.15) is 17.5 Å². The fourth-order valence-electron chi connectivity index (χ4n) is 4.72. The summed E-state index contributed by atoms with van der Waals surface area (Å²) in [6.45, 7) is 3.08. The summed E-state index contributed by atoms with van der Waals surface area (Å²) in [6, 6.07) is 19.8. The van der Waals surface area contributed by atoms with Crippen LogP contribution < -0.4 is 19.7 Å². The molecule has 0 spiro atoms. The van der Waals surface area contributed by atoms with Crippen LogP contribution in [0.15, 0.2) is 72.8 Å². The Morgan fingerprint density at radius 2 is 1.71 bits per heavy atom. The van der Waals surface area contributed by atoms with Crippen LogP contribution in [-0.4, -0.2) is 49.0 Å². The van der Waals surface area contributed by atoms with Crippen molar-refractivity contribution >= 4 is 40.8 Å². The van der Waals surface area contributed by atoms with Gasteiger partial charge in [0.25, 0.3) is 5.91 Å². The number of rotatable bonds is 14. The van der Waals surface area contributed by atoms with E-state index in [0.717, 1.165) is 29.1 Å². The molecule has 9 heteroatoms. The largest absolute Gasteiger partial charge is 0.497 e. The minimum absolute atomic E-state index is 0.179. The van der Waals surface area contributed by atoms with Gasteiger partial charge >= 0.3 is 6.03 Å². The molecule has 0 unspecified atom stereocenters. The third-order valence-corrected chi connectivity index (χ3v) is 7.22. The van der Waals surface area contributed by atoms with E-state index in [4.69, 9.17) is 21.1 Å². The number of nitrogens with one attached hydrogen (secondary N) is 1. The highest BCUT2D eigenvalue weighted by Gasteiger charge is 2.46. The first-order valence-corrected chi connectivity index (χ1v) is 14.3. The highest BCUT2D eigenvalue weighted by atomic mass is 35.5. The topological polar surface area (TPSA) is 88.2 Å². The van der Waals surface area contributed by atoms with E-state index in [-0.39, 0.29) is 18.9 Å². The summed E-state index contributed by atoms with van der Waals surface area (Å²) < 4.78 is 11.1. The van der Waals surface area contributed by atoms with Crippen molar-refractivity contribution in [3.63, 3.8) is 0 Å². The molecule has 1 aliphatic heterocycles. The van der Waals surface area contributed by atoms with E-state index >= 15 is 0 Å². The van der Waals surface area contributed by atoms with E-state index in [1.165, 1.54) is 24.9 Å². The summed E-state index contributed by atoms with van der Waals surface area (Å²) in [5, 5.41) is 3.47. The summed E-state index contributed by atoms with van der Waals surface area (Å²) in [7, 11) is 1.52. The van der Waals surface area contributed by atoms with Gasteiger partial charge in [0, 0.05) is 23.3 Å². The Hall–Kier alpha value is -4.04. The molecule has 1 saturated heterocycles. The summed E-state index contributed by atoms with van der Waals surface area (Å²) >= 11 is 6.01. The lowest BCUT2D eigenvalue weighted by Gasteiger charge is -2.21. The Balaban J connectivity index is 1.44. The van der Waals surface area contributed by atoms with Crippen LogP contribution in [0.1, 0.15) is 44.6 Å². The van der Waals surface area contributed by atoms with Gasteiger partial charge in [-0.15, -0.1) is 0 Å². The van der Waals surface area contributed by atoms with Gasteiger partial charge in [-0.05, 0) is 66.9 Å². The molecule has 216 valence electrons. The van der Waals surface area contributed by atoms with E-state index in [9.17, 15) is 14.4 Å². The Morgan fingerprint density at radius 3 is 2.41 bits per heavy atom. The number of imide groups is 1. The van der Waals surface area contributed by atoms with Crippen LogP contribution in [0, 0.1) is 0 Å². The minimum Gasteiger partial charge on any atom is -0.497 e. The number of carbonyl (C=O) groups excluding carboxylic acids is 3. The monoisotopic (exact) mass is 577 g/mol. The third kappa shape index (κ3) is 8.01. The van der Waals surface area contributed by atoms with Gasteiger partial charge in [-0.3, -0.25) is 9.59 Å². The summed E-state index contributed by atoms with van der Waals surface area (Å²) in [5.74, 6) is 0.429. The van der Waals surface area contributed by atoms with Gasteiger partial charge in [0.2, 0.25) is 5.91 Å². The first-order valence-electron chi connectivity index (χ1n) is 14.0. The SMILES string of the molecule is CCCCCCOc1ccc(NC(=O)C[C@H]2C(=O)N(c3cccc(OC)c3)C(=O)N2CCc2ccc(Cl)cc2)cc1. The molecule has 0 bridgehead atoms. The summed E-state index contributed by atoms with van der Waals surface area (Å²) in [5.41, 5.74) is 1.94. The molecule has 3 aromatic carbocycles. The molecular formula is C32H36ClN3O5. The van der Waals surface area contributed by atoms with Crippen LogP contribution >= 0.6 is 11.6 Å². The molecule has 1 atom stereocenters. The lowest BCUT2D eigenvalue weighted by Crippen LogP contribution is -2.39. The average Bonchev–Trinajstić information content (AvgIpc) is 3.21. The fourth-order valence-corrected chi connectivity index (χ4v) is 4.84. The van der Waals surface area contributed by atoms with Crippen LogP contribution in [0.2, 0.25) is 5.02 Å². The molecule has 1 N–H and O–H groups in total. The van der Waals surface area contributed by atoms with Crippen molar-refractivity contribution < 1.29 is 23.9 Å². The number of halogens is 1.